The van der Waals surface area contributed by atoms with E-state index in [1.165, 1.54) is 36.4 Å². The molecule has 1 aliphatic heterocycles. The Hall–Kier alpha value is -4.87. The zero-order valence-electron chi connectivity index (χ0n) is 18.0. The number of amides is 1. The van der Waals surface area contributed by atoms with E-state index in [-0.39, 0.29) is 28.3 Å². The number of Topliss-reactive ketones (excluding diaryl/α,β-unsaturated/α-hetero) is 1. The number of phenolic OH excluding ortho intramolecular Hbond substituents is 1. The van der Waals surface area contributed by atoms with E-state index in [9.17, 15) is 43.1 Å². The van der Waals surface area contributed by atoms with Gasteiger partial charge in [0.05, 0.1) is 16.5 Å². The third kappa shape index (κ3) is 4.69. The standard InChI is InChI=1S/C24H15F3N2O7/c25-24(26,27)36-18-11-7-15(8-12-18)28-20(13-3-9-17(30)10-4-13)19(22(32)23(28)33)21(31)14-1-5-16(6-2-14)29(34)35/h1-12,20,30-31H/b21-19-. The highest BCUT2D eigenvalue weighted by molar-refractivity contribution is 6.51. The number of aliphatic hydroxyl groups excluding tert-OH is 1. The second-order valence-electron chi connectivity index (χ2n) is 7.61. The van der Waals surface area contributed by atoms with Gasteiger partial charge < -0.3 is 14.9 Å². The maximum Gasteiger partial charge on any atom is 0.573 e. The molecule has 36 heavy (non-hydrogen) atoms. The smallest absolute Gasteiger partial charge is 0.508 e. The van der Waals surface area contributed by atoms with Crippen molar-refractivity contribution in [3.63, 3.8) is 0 Å². The van der Waals surface area contributed by atoms with Crippen LogP contribution in [0.25, 0.3) is 5.76 Å². The lowest BCUT2D eigenvalue weighted by Crippen LogP contribution is -2.29. The Kier molecular flexibility index (Phi) is 6.10. The average molecular weight is 500 g/mol. The number of nitro benzene ring substituents is 1. The molecule has 184 valence electrons. The van der Waals surface area contributed by atoms with E-state index in [0.29, 0.717) is 5.56 Å². The van der Waals surface area contributed by atoms with Gasteiger partial charge in [-0.1, -0.05) is 12.1 Å². The molecule has 3 aromatic rings. The Labute approximate surface area is 200 Å². The van der Waals surface area contributed by atoms with Gasteiger partial charge in [-0.25, -0.2) is 0 Å². The van der Waals surface area contributed by atoms with Gasteiger partial charge in [-0.2, -0.15) is 0 Å². The highest BCUT2D eigenvalue weighted by atomic mass is 19.4. The van der Waals surface area contributed by atoms with Crippen LogP contribution in [-0.2, 0) is 9.59 Å². The van der Waals surface area contributed by atoms with Crippen LogP contribution in [0.15, 0.2) is 78.4 Å². The summed E-state index contributed by atoms with van der Waals surface area (Å²) in [5, 5.41) is 31.6. The van der Waals surface area contributed by atoms with E-state index in [2.05, 4.69) is 4.74 Å². The van der Waals surface area contributed by atoms with Gasteiger partial charge in [-0.05, 0) is 54.1 Å². The van der Waals surface area contributed by atoms with Crippen LogP contribution in [0.3, 0.4) is 0 Å². The summed E-state index contributed by atoms with van der Waals surface area (Å²) in [6, 6.07) is 13.0. The largest absolute Gasteiger partial charge is 0.573 e. The highest BCUT2D eigenvalue weighted by Gasteiger charge is 2.47. The molecule has 1 aliphatic rings. The minimum Gasteiger partial charge on any atom is -0.508 e. The van der Waals surface area contributed by atoms with Crippen LogP contribution in [0.5, 0.6) is 11.5 Å². The number of non-ortho nitro benzene ring substituents is 1. The number of alkyl halides is 3. The van der Waals surface area contributed by atoms with Gasteiger partial charge in [0.25, 0.3) is 17.4 Å². The molecule has 1 fully saturated rings. The molecule has 2 N–H and O–H groups in total. The summed E-state index contributed by atoms with van der Waals surface area (Å²) in [5.41, 5.74) is -0.256. The predicted molar refractivity (Wildman–Crippen MR) is 119 cm³/mol. The van der Waals surface area contributed by atoms with Gasteiger partial charge >= 0.3 is 6.36 Å². The van der Waals surface area contributed by atoms with E-state index in [1.807, 2.05) is 0 Å². The number of hydrogen-bond donors (Lipinski definition) is 2. The number of hydrogen-bond acceptors (Lipinski definition) is 7. The maximum atomic E-state index is 13.0. The number of nitro groups is 1. The number of rotatable bonds is 5. The SMILES string of the molecule is O=C1C(=O)N(c2ccc(OC(F)(F)F)cc2)C(c2ccc(O)cc2)/C1=C(/O)c1ccc([N+](=O)[O-])cc1. The number of phenols is 1. The molecule has 0 aliphatic carbocycles. The number of ketones is 1. The van der Waals surface area contributed by atoms with Gasteiger partial charge in [-0.15, -0.1) is 13.2 Å². The lowest BCUT2D eigenvalue weighted by molar-refractivity contribution is -0.384. The van der Waals surface area contributed by atoms with Crippen LogP contribution in [0.4, 0.5) is 24.5 Å². The zero-order chi connectivity index (χ0) is 26.2. The third-order valence-electron chi connectivity index (χ3n) is 5.35. The fraction of sp³-hybridized carbons (Fsp3) is 0.0833. The number of carbonyl (C=O) groups excluding carboxylic acids is 2. The molecule has 1 atom stereocenters. The number of aromatic hydroxyl groups is 1. The molecule has 0 bridgehead atoms. The first-order valence-electron chi connectivity index (χ1n) is 10.2. The van der Waals surface area contributed by atoms with E-state index >= 15 is 0 Å². The second kappa shape index (κ2) is 9.06. The Morgan fingerprint density at radius 1 is 0.944 bits per heavy atom. The minimum atomic E-state index is -4.93. The second-order valence-corrected chi connectivity index (χ2v) is 7.61. The third-order valence-corrected chi connectivity index (χ3v) is 5.35. The van der Waals surface area contributed by atoms with Crippen molar-refractivity contribution in [3.8, 4) is 11.5 Å². The number of aliphatic hydroxyl groups is 1. The lowest BCUT2D eigenvalue weighted by atomic mass is 9.95. The maximum absolute atomic E-state index is 13.0. The predicted octanol–water partition coefficient (Wildman–Crippen LogP) is 4.83. The average Bonchev–Trinajstić information content (AvgIpc) is 3.09. The number of nitrogens with zero attached hydrogens (tertiary/aromatic N) is 2. The van der Waals surface area contributed by atoms with Crippen LogP contribution in [0.1, 0.15) is 17.2 Å². The van der Waals surface area contributed by atoms with Crippen LogP contribution in [0, 0.1) is 10.1 Å². The molecule has 1 amide bonds. The van der Waals surface area contributed by atoms with Crippen molar-refractivity contribution < 1.29 is 42.6 Å². The summed E-state index contributed by atoms with van der Waals surface area (Å²) < 4.78 is 41.4. The first kappa shape index (κ1) is 24.3. The summed E-state index contributed by atoms with van der Waals surface area (Å²) >= 11 is 0. The summed E-state index contributed by atoms with van der Waals surface area (Å²) in [7, 11) is 0. The molecule has 1 saturated heterocycles. The molecule has 9 nitrogen and oxygen atoms in total. The molecular weight excluding hydrogens is 485 g/mol. The highest BCUT2D eigenvalue weighted by Crippen LogP contribution is 2.43. The van der Waals surface area contributed by atoms with Crippen LogP contribution in [0.2, 0.25) is 0 Å². The number of carbonyl (C=O) groups is 2. The summed E-state index contributed by atoms with van der Waals surface area (Å²) in [6.07, 6.45) is -4.93. The van der Waals surface area contributed by atoms with Crippen molar-refractivity contribution >= 4 is 28.8 Å². The molecule has 0 aromatic heterocycles. The number of benzene rings is 3. The molecule has 1 heterocycles. The Bertz CT molecular complexity index is 1370. The Morgan fingerprint density at radius 2 is 1.53 bits per heavy atom. The molecule has 4 rings (SSSR count). The zero-order valence-corrected chi connectivity index (χ0v) is 18.0. The van der Waals surface area contributed by atoms with Crippen LogP contribution < -0.4 is 9.64 Å². The van der Waals surface area contributed by atoms with Crippen molar-refractivity contribution in [2.45, 2.75) is 12.4 Å². The minimum absolute atomic E-state index is 0.0244. The van der Waals surface area contributed by atoms with E-state index in [4.69, 9.17) is 0 Å². The molecule has 0 radical (unpaired) electrons. The van der Waals surface area contributed by atoms with E-state index in [1.54, 1.807) is 0 Å². The first-order valence-corrected chi connectivity index (χ1v) is 10.2. The van der Waals surface area contributed by atoms with Crippen molar-refractivity contribution in [2.75, 3.05) is 4.90 Å². The summed E-state index contributed by atoms with van der Waals surface area (Å²) in [4.78, 5) is 37.4. The molecule has 12 heteroatoms. The van der Waals surface area contributed by atoms with Crippen molar-refractivity contribution in [1.29, 1.82) is 0 Å². The van der Waals surface area contributed by atoms with Gasteiger partial charge in [0, 0.05) is 23.4 Å². The quantitative estimate of drug-likeness (QED) is 0.169. The van der Waals surface area contributed by atoms with Crippen LogP contribution in [-0.4, -0.2) is 33.2 Å². The molecule has 0 saturated carbocycles. The lowest BCUT2D eigenvalue weighted by Gasteiger charge is -2.25. The Morgan fingerprint density at radius 3 is 2.06 bits per heavy atom. The van der Waals surface area contributed by atoms with E-state index in [0.717, 1.165) is 41.3 Å². The molecular formula is C24H15F3N2O7. The van der Waals surface area contributed by atoms with Crippen LogP contribution >= 0.6 is 0 Å². The molecule has 3 aromatic carbocycles. The number of anilines is 1. The normalized spacial score (nSPS) is 17.3. The Balaban J connectivity index is 1.84. The van der Waals surface area contributed by atoms with Gasteiger partial charge in [0.1, 0.15) is 17.3 Å². The number of ether oxygens (including phenoxy) is 1. The monoisotopic (exact) mass is 500 g/mol. The first-order chi connectivity index (χ1) is 17.0. The summed E-state index contributed by atoms with van der Waals surface area (Å²) in [5.74, 6) is -3.42. The fourth-order valence-corrected chi connectivity index (χ4v) is 3.78. The van der Waals surface area contributed by atoms with Crippen molar-refractivity contribution in [1.82, 2.24) is 0 Å². The van der Waals surface area contributed by atoms with Crippen molar-refractivity contribution in [3.05, 3.63) is 99.6 Å². The van der Waals surface area contributed by atoms with Gasteiger partial charge in [0.15, 0.2) is 0 Å². The number of halogens is 3. The van der Waals surface area contributed by atoms with Crippen molar-refractivity contribution in [2.24, 2.45) is 0 Å². The molecule has 0 spiro atoms. The van der Waals surface area contributed by atoms with E-state index < -0.39 is 40.5 Å². The topological polar surface area (TPSA) is 130 Å². The van der Waals surface area contributed by atoms with Gasteiger partial charge in [0.2, 0.25) is 0 Å². The van der Waals surface area contributed by atoms with Gasteiger partial charge in [-0.3, -0.25) is 24.6 Å². The fourth-order valence-electron chi connectivity index (χ4n) is 3.78. The summed E-state index contributed by atoms with van der Waals surface area (Å²) in [6.45, 7) is 0. The molecule has 1 unspecified atom stereocenters.